The van der Waals surface area contributed by atoms with E-state index in [9.17, 15) is 22.8 Å². The van der Waals surface area contributed by atoms with Crippen molar-refractivity contribution in [2.45, 2.75) is 57.5 Å². The van der Waals surface area contributed by atoms with Gasteiger partial charge < -0.3 is 15.8 Å². The Hall–Kier alpha value is -5.52. The Bertz CT molecular complexity index is 1770. The number of amides is 3. The molecule has 0 aliphatic heterocycles. The molecule has 1 aliphatic carbocycles. The molecule has 1 fully saturated rings. The first-order valence-electron chi connectivity index (χ1n) is 15.5. The van der Waals surface area contributed by atoms with Crippen LogP contribution in [0.2, 0.25) is 0 Å². The molecule has 0 spiro atoms. The monoisotopic (exact) mass is 656 g/mol. The van der Waals surface area contributed by atoms with Crippen LogP contribution in [-0.2, 0) is 13.1 Å². The first-order valence-corrected chi connectivity index (χ1v) is 15.5. The molecule has 4 N–H and O–H groups in total. The number of para-hydroxylation sites is 1. The zero-order chi connectivity index (χ0) is 34.1. The average Bonchev–Trinajstić information content (AvgIpc) is 3.10. The highest BCUT2D eigenvalue weighted by molar-refractivity contribution is 6.02. The number of nitrogens with zero attached hydrogens (tertiary/aromatic N) is 3. The van der Waals surface area contributed by atoms with Crippen LogP contribution in [0.25, 0.3) is 11.1 Å². The first-order chi connectivity index (χ1) is 23.1. The Labute approximate surface area is 276 Å². The fraction of sp³-hybridized carbons (Fsp3) is 0.250. The van der Waals surface area contributed by atoms with E-state index in [1.165, 1.54) is 43.0 Å². The molecule has 4 aromatic rings. The van der Waals surface area contributed by atoms with Crippen LogP contribution in [0.3, 0.4) is 0 Å². The second-order valence-electron chi connectivity index (χ2n) is 11.5. The number of anilines is 1. The number of urea groups is 1. The van der Waals surface area contributed by atoms with Crippen molar-refractivity contribution >= 4 is 23.6 Å². The van der Waals surface area contributed by atoms with Crippen molar-refractivity contribution in [2.24, 2.45) is 15.8 Å². The Kier molecular flexibility index (Phi) is 10.8. The number of hydrogen-bond acceptors (Lipinski definition) is 4. The lowest BCUT2D eigenvalue weighted by molar-refractivity contribution is -0.274. The van der Waals surface area contributed by atoms with Crippen molar-refractivity contribution in [2.75, 3.05) is 4.90 Å². The molecule has 48 heavy (non-hydrogen) atoms. The highest BCUT2D eigenvalue weighted by atomic mass is 19.4. The van der Waals surface area contributed by atoms with Crippen molar-refractivity contribution in [3.05, 3.63) is 119 Å². The van der Waals surface area contributed by atoms with E-state index in [2.05, 4.69) is 32.3 Å². The number of ether oxygens (including phenoxy) is 1. The van der Waals surface area contributed by atoms with Gasteiger partial charge in [-0.15, -0.1) is 18.3 Å². The minimum absolute atomic E-state index is 0.0277. The van der Waals surface area contributed by atoms with Crippen LogP contribution in [0.4, 0.5) is 23.7 Å². The molecule has 0 radical (unpaired) electrons. The number of benzene rings is 4. The maximum atomic E-state index is 13.9. The lowest BCUT2D eigenvalue weighted by Gasteiger charge is -2.26. The lowest BCUT2D eigenvalue weighted by atomic mass is 9.84. The molecule has 4 aromatic carbocycles. The van der Waals surface area contributed by atoms with E-state index in [0.29, 0.717) is 22.7 Å². The van der Waals surface area contributed by atoms with E-state index in [0.717, 1.165) is 18.4 Å². The van der Waals surface area contributed by atoms with Crippen LogP contribution in [0.1, 0.15) is 65.1 Å². The third-order valence-corrected chi connectivity index (χ3v) is 8.25. The van der Waals surface area contributed by atoms with Crippen molar-refractivity contribution in [1.29, 1.82) is 5.53 Å². The van der Waals surface area contributed by atoms with Crippen LogP contribution < -0.4 is 20.7 Å². The first kappa shape index (κ1) is 33.8. The van der Waals surface area contributed by atoms with E-state index in [1.54, 1.807) is 59.5 Å². The SMILES string of the molecule is N=NC(N)=NC(=O)c1ccc(CN(C(=O)NCc2ccccc2-c2ccccc2OC(F)(F)F)c2ccc(C3CCCCC3)cc2)cc1. The van der Waals surface area contributed by atoms with Gasteiger partial charge in [0.05, 0.1) is 6.54 Å². The van der Waals surface area contributed by atoms with Gasteiger partial charge in [-0.2, -0.15) is 4.99 Å². The van der Waals surface area contributed by atoms with Crippen molar-refractivity contribution in [3.8, 4) is 16.9 Å². The van der Waals surface area contributed by atoms with E-state index >= 15 is 0 Å². The number of aliphatic imine (C=N–C) groups is 1. The summed E-state index contributed by atoms with van der Waals surface area (Å²) in [6.45, 7) is 0.181. The largest absolute Gasteiger partial charge is 0.573 e. The third kappa shape index (κ3) is 8.84. The number of nitrogens with one attached hydrogen (secondary N) is 2. The maximum Gasteiger partial charge on any atom is 0.573 e. The van der Waals surface area contributed by atoms with E-state index in [-0.39, 0.29) is 30.0 Å². The molecule has 0 atom stereocenters. The molecule has 9 nitrogen and oxygen atoms in total. The predicted molar refractivity (Wildman–Crippen MR) is 177 cm³/mol. The number of carbonyl (C=O) groups is 2. The predicted octanol–water partition coefficient (Wildman–Crippen LogP) is 8.70. The van der Waals surface area contributed by atoms with Crippen molar-refractivity contribution in [1.82, 2.24) is 5.32 Å². The molecule has 1 saturated carbocycles. The number of guanidine groups is 1. The zero-order valence-electron chi connectivity index (χ0n) is 26.0. The molecule has 5 rings (SSSR count). The highest BCUT2D eigenvalue weighted by Crippen LogP contribution is 2.36. The molecule has 1 aliphatic rings. The molecule has 0 aromatic heterocycles. The van der Waals surface area contributed by atoms with Crippen LogP contribution in [0.5, 0.6) is 5.75 Å². The van der Waals surface area contributed by atoms with Gasteiger partial charge in [0.2, 0.25) is 5.96 Å². The standard InChI is InChI=1S/C36H35F3N6O3/c37-36(38,39)48-32-13-7-6-12-31(32)30-11-5-4-10-28(30)22-42-35(47)45(29-20-18-26(19-21-29)25-8-2-1-3-9-25)23-24-14-16-27(17-15-24)33(46)43-34(40)44-41/h4-7,10-21,25,41H,1-3,8-9,22-23H2,(H,42,47)(H2,40,43,46). The number of rotatable bonds is 9. The van der Waals surface area contributed by atoms with Gasteiger partial charge >= 0.3 is 12.4 Å². The Morgan fingerprint density at radius 1 is 0.875 bits per heavy atom. The molecule has 3 amide bonds. The minimum atomic E-state index is -4.86. The lowest BCUT2D eigenvalue weighted by Crippen LogP contribution is -2.39. The molecule has 0 heterocycles. The minimum Gasteiger partial charge on any atom is -0.405 e. The van der Waals surface area contributed by atoms with Gasteiger partial charge in [0.1, 0.15) is 5.75 Å². The molecular formula is C36H35F3N6O3. The number of alkyl halides is 3. The van der Waals surface area contributed by atoms with Crippen molar-refractivity contribution in [3.63, 3.8) is 0 Å². The summed E-state index contributed by atoms with van der Waals surface area (Å²) in [4.78, 5) is 31.3. The van der Waals surface area contributed by atoms with Crippen LogP contribution in [0.15, 0.2) is 107 Å². The number of halogens is 3. The average molecular weight is 657 g/mol. The quantitative estimate of drug-likeness (QED) is 0.0944. The topological polar surface area (TPSA) is 133 Å². The summed E-state index contributed by atoms with van der Waals surface area (Å²) in [6, 6.07) is 26.8. The summed E-state index contributed by atoms with van der Waals surface area (Å²) < 4.78 is 43.8. The molecular weight excluding hydrogens is 621 g/mol. The van der Waals surface area contributed by atoms with Crippen molar-refractivity contribution < 1.29 is 27.5 Å². The van der Waals surface area contributed by atoms with Crippen LogP contribution in [0, 0.1) is 5.53 Å². The Morgan fingerprint density at radius 3 is 2.19 bits per heavy atom. The fourth-order valence-electron chi connectivity index (χ4n) is 5.88. The summed E-state index contributed by atoms with van der Waals surface area (Å²) in [5.74, 6) is -0.960. The normalized spacial score (nSPS) is 13.9. The fourth-order valence-corrected chi connectivity index (χ4v) is 5.88. The number of carbonyl (C=O) groups excluding carboxylic acids is 2. The van der Waals surface area contributed by atoms with Crippen LogP contribution in [-0.4, -0.2) is 24.3 Å². The third-order valence-electron chi connectivity index (χ3n) is 8.25. The van der Waals surface area contributed by atoms with Gasteiger partial charge in [-0.05, 0) is 71.3 Å². The van der Waals surface area contributed by atoms with Gasteiger partial charge in [-0.3, -0.25) is 9.69 Å². The maximum absolute atomic E-state index is 13.9. The summed E-state index contributed by atoms with van der Waals surface area (Å²) in [7, 11) is 0. The Morgan fingerprint density at radius 2 is 1.52 bits per heavy atom. The second kappa shape index (κ2) is 15.4. The number of nitrogens with two attached hydrogens (primary N) is 1. The molecule has 248 valence electrons. The summed E-state index contributed by atoms with van der Waals surface area (Å²) in [5.41, 5.74) is 16.4. The Balaban J connectivity index is 1.39. The molecule has 12 heteroatoms. The van der Waals surface area contributed by atoms with Gasteiger partial charge in [0, 0.05) is 23.4 Å². The van der Waals surface area contributed by atoms with E-state index in [1.807, 2.05) is 12.1 Å². The van der Waals surface area contributed by atoms with Gasteiger partial charge in [-0.25, -0.2) is 10.3 Å². The van der Waals surface area contributed by atoms with Gasteiger partial charge in [-0.1, -0.05) is 86.0 Å². The molecule has 0 saturated heterocycles. The van der Waals surface area contributed by atoms with E-state index < -0.39 is 24.3 Å². The second-order valence-corrected chi connectivity index (χ2v) is 11.5. The summed E-state index contributed by atoms with van der Waals surface area (Å²) >= 11 is 0. The molecule has 0 bridgehead atoms. The summed E-state index contributed by atoms with van der Waals surface area (Å²) in [6.07, 6.45) is 1.05. The highest BCUT2D eigenvalue weighted by Gasteiger charge is 2.32. The van der Waals surface area contributed by atoms with Gasteiger partial charge in [0.15, 0.2) is 0 Å². The van der Waals surface area contributed by atoms with E-state index in [4.69, 9.17) is 11.3 Å². The number of hydrogen-bond donors (Lipinski definition) is 3. The smallest absolute Gasteiger partial charge is 0.405 e. The molecule has 0 unspecified atom stereocenters. The summed E-state index contributed by atoms with van der Waals surface area (Å²) in [5, 5.41) is 5.88. The van der Waals surface area contributed by atoms with Crippen LogP contribution >= 0.6 is 0 Å². The zero-order valence-corrected chi connectivity index (χ0v) is 26.0. The van der Waals surface area contributed by atoms with Gasteiger partial charge in [0.25, 0.3) is 5.91 Å².